The maximum Gasteiger partial charge on any atom is 2.00 e. The van der Waals surface area contributed by atoms with Crippen molar-refractivity contribution in [2.24, 2.45) is 0 Å². The first-order chi connectivity index (χ1) is 12.3. The van der Waals surface area contributed by atoms with Crippen LogP contribution in [0.15, 0.2) is 77.5 Å². The Morgan fingerprint density at radius 2 is 1.96 bits per heavy atom. The summed E-state index contributed by atoms with van der Waals surface area (Å²) in [6, 6.07) is 18.9. The van der Waals surface area contributed by atoms with Crippen LogP contribution in [0.5, 0.6) is 0 Å². The molecule has 0 amide bonds. The topological polar surface area (TPSA) is 29.0 Å². The largest absolute Gasteiger partial charge is 2.00 e. The fourth-order valence-corrected chi connectivity index (χ4v) is 2.55. The number of allylic oxidation sites excluding steroid dienone is 2. The van der Waals surface area contributed by atoms with E-state index in [1.807, 2.05) is 54.6 Å². The van der Waals surface area contributed by atoms with Crippen molar-refractivity contribution in [2.45, 2.75) is 6.42 Å². The normalized spacial score (nSPS) is 10.3. The number of halogens is 1. The number of fused-ring (bicyclic) bond motifs is 1. The Kier molecular flexibility index (Phi) is 8.35. The van der Waals surface area contributed by atoms with Gasteiger partial charge in [-0.25, -0.2) is 0 Å². The SMILES string of the molecule is C=C=C(Br)/C=C\CCN(c1[c-]cccc1)c1[c-]nc2ccccc2n1.[U+2]. The number of anilines is 2. The predicted molar refractivity (Wildman–Crippen MR) is 106 cm³/mol. The predicted octanol–water partition coefficient (Wildman–Crippen LogP) is 5.38. The zero-order chi connectivity index (χ0) is 17.5. The van der Waals surface area contributed by atoms with E-state index in [2.05, 4.69) is 56.5 Å². The first-order valence-electron chi connectivity index (χ1n) is 7.89. The van der Waals surface area contributed by atoms with E-state index in [1.54, 1.807) is 0 Å². The van der Waals surface area contributed by atoms with Crippen LogP contribution in [-0.2, 0) is 0 Å². The van der Waals surface area contributed by atoms with E-state index in [0.29, 0.717) is 5.82 Å². The van der Waals surface area contributed by atoms with Crippen molar-refractivity contribution >= 4 is 38.5 Å². The summed E-state index contributed by atoms with van der Waals surface area (Å²) in [5.74, 6) is 0.688. The number of aromatic nitrogens is 2. The third kappa shape index (κ3) is 5.43. The summed E-state index contributed by atoms with van der Waals surface area (Å²) in [6.07, 6.45) is 7.88. The molecule has 0 aliphatic rings. The first kappa shape index (κ1) is 20.7. The number of hydrogen-bond acceptors (Lipinski definition) is 3. The molecule has 0 saturated heterocycles. The number of rotatable bonds is 6. The van der Waals surface area contributed by atoms with Gasteiger partial charge in [0, 0.05) is 12.1 Å². The van der Waals surface area contributed by atoms with Crippen molar-refractivity contribution < 1.29 is 31.1 Å². The van der Waals surface area contributed by atoms with Crippen LogP contribution in [0.25, 0.3) is 11.0 Å². The minimum Gasteiger partial charge on any atom is -0.446 e. The second-order valence-electron chi connectivity index (χ2n) is 5.26. The van der Waals surface area contributed by atoms with Crippen LogP contribution in [0.1, 0.15) is 6.42 Å². The standard InChI is InChI=1S/C21H16BrN3.U/c1-2-17(22)10-8-9-15-25(18-11-4-3-5-12-18)21-16-23-19-13-6-7-14-20(19)24-21;/h3-8,10-11,13-14H,1,9,15H2;/q-2;+2/b10-8-;. The minimum atomic E-state index is 0. The molecule has 3 nitrogen and oxygen atoms in total. The third-order valence-corrected chi connectivity index (χ3v) is 4.12. The molecule has 1 heterocycles. The molecule has 0 unspecified atom stereocenters. The van der Waals surface area contributed by atoms with Crippen LogP contribution in [0.3, 0.4) is 0 Å². The molecule has 2 aromatic carbocycles. The van der Waals surface area contributed by atoms with Crippen molar-refractivity contribution in [3.8, 4) is 0 Å². The van der Waals surface area contributed by atoms with Crippen LogP contribution in [-0.4, -0.2) is 16.5 Å². The van der Waals surface area contributed by atoms with Crippen molar-refractivity contribution in [1.82, 2.24) is 9.97 Å². The minimum absolute atomic E-state index is 0. The molecule has 0 bridgehead atoms. The average molecular weight is 628 g/mol. The van der Waals surface area contributed by atoms with Gasteiger partial charge in [-0.1, -0.05) is 42.1 Å². The molecule has 0 aliphatic heterocycles. The molecule has 1 aromatic heterocycles. The van der Waals surface area contributed by atoms with Gasteiger partial charge in [-0.2, -0.15) is 24.3 Å². The molecule has 5 heteroatoms. The maximum atomic E-state index is 4.71. The molecule has 3 rings (SSSR count). The fraction of sp³-hybridized carbons (Fsp3) is 0.0952. The van der Waals surface area contributed by atoms with Gasteiger partial charge in [0.25, 0.3) is 0 Å². The molecular weight excluding hydrogens is 612 g/mol. The number of hydrogen-bond donors (Lipinski definition) is 0. The summed E-state index contributed by atoms with van der Waals surface area (Å²) < 4.78 is 0.836. The van der Waals surface area contributed by atoms with E-state index in [4.69, 9.17) is 4.98 Å². The molecule has 3 aromatic rings. The second kappa shape index (κ2) is 10.5. The van der Waals surface area contributed by atoms with Crippen LogP contribution in [0.2, 0.25) is 0 Å². The molecular formula is C21H16BrN3U. The molecule has 0 atom stereocenters. The summed E-state index contributed by atoms with van der Waals surface area (Å²) in [6.45, 7) is 4.33. The van der Waals surface area contributed by atoms with E-state index in [1.165, 1.54) is 0 Å². The van der Waals surface area contributed by atoms with Gasteiger partial charge < -0.3 is 9.88 Å². The number of para-hydroxylation sites is 3. The monoisotopic (exact) mass is 627 g/mol. The molecule has 0 aliphatic carbocycles. The summed E-state index contributed by atoms with van der Waals surface area (Å²) in [5, 5.41) is 0. The molecule has 0 saturated carbocycles. The van der Waals surface area contributed by atoms with Gasteiger partial charge in [0.2, 0.25) is 0 Å². The van der Waals surface area contributed by atoms with Gasteiger partial charge in [0.05, 0.1) is 10.3 Å². The zero-order valence-corrected chi connectivity index (χ0v) is 19.9. The van der Waals surface area contributed by atoms with Gasteiger partial charge in [-0.3, -0.25) is 4.98 Å². The smallest absolute Gasteiger partial charge is 0.446 e. The summed E-state index contributed by atoms with van der Waals surface area (Å²) in [4.78, 5) is 11.2. The first-order valence-corrected chi connectivity index (χ1v) is 8.68. The molecule has 0 fully saturated rings. The van der Waals surface area contributed by atoms with E-state index in [0.717, 1.165) is 34.2 Å². The Balaban J connectivity index is 0.00000243. The van der Waals surface area contributed by atoms with Crippen molar-refractivity contribution in [3.63, 3.8) is 0 Å². The summed E-state index contributed by atoms with van der Waals surface area (Å²) in [5.41, 5.74) is 5.41. The Morgan fingerprint density at radius 1 is 1.19 bits per heavy atom. The van der Waals surface area contributed by atoms with Crippen molar-refractivity contribution in [2.75, 3.05) is 11.4 Å². The second-order valence-corrected chi connectivity index (χ2v) is 6.12. The number of benzene rings is 2. The quantitative estimate of drug-likeness (QED) is 0.209. The molecule has 0 N–H and O–H groups in total. The zero-order valence-electron chi connectivity index (χ0n) is 14.1. The van der Waals surface area contributed by atoms with Gasteiger partial charge in [0.15, 0.2) is 0 Å². The van der Waals surface area contributed by atoms with Crippen LogP contribution in [0.4, 0.5) is 11.5 Å². The molecule has 126 valence electrons. The van der Waals surface area contributed by atoms with Gasteiger partial charge >= 0.3 is 31.1 Å². The average Bonchev–Trinajstić information content (AvgIpc) is 2.68. The Labute approximate surface area is 186 Å². The molecule has 0 radical (unpaired) electrons. The summed E-state index contributed by atoms with van der Waals surface area (Å²) >= 11 is 3.37. The third-order valence-electron chi connectivity index (χ3n) is 3.58. The van der Waals surface area contributed by atoms with E-state index in [9.17, 15) is 0 Å². The number of nitrogens with zero attached hydrogens (tertiary/aromatic N) is 3. The van der Waals surface area contributed by atoms with E-state index in [-0.39, 0.29) is 31.1 Å². The Hall–Kier alpha value is -1.63. The molecule has 26 heavy (non-hydrogen) atoms. The Bertz CT molecular complexity index is 934. The van der Waals surface area contributed by atoms with Crippen LogP contribution < -0.4 is 4.90 Å². The molecule has 0 spiro atoms. The van der Waals surface area contributed by atoms with Crippen molar-refractivity contribution in [3.05, 3.63) is 89.7 Å². The van der Waals surface area contributed by atoms with Gasteiger partial charge in [-0.15, -0.1) is 24.1 Å². The van der Waals surface area contributed by atoms with Gasteiger partial charge in [0.1, 0.15) is 0 Å². The van der Waals surface area contributed by atoms with Crippen LogP contribution in [0, 0.1) is 43.4 Å². The van der Waals surface area contributed by atoms with Crippen LogP contribution >= 0.6 is 15.9 Å². The summed E-state index contributed by atoms with van der Waals surface area (Å²) in [7, 11) is 0. The Morgan fingerprint density at radius 3 is 2.69 bits per heavy atom. The van der Waals surface area contributed by atoms with Gasteiger partial charge in [-0.05, 0) is 28.4 Å². The van der Waals surface area contributed by atoms with E-state index < -0.39 is 0 Å². The fourth-order valence-electron chi connectivity index (χ4n) is 2.36. The van der Waals surface area contributed by atoms with Crippen molar-refractivity contribution in [1.29, 1.82) is 0 Å². The maximum absolute atomic E-state index is 4.71. The van der Waals surface area contributed by atoms with E-state index >= 15 is 0 Å².